The predicted octanol–water partition coefficient (Wildman–Crippen LogP) is 1.33. The van der Waals surface area contributed by atoms with Gasteiger partial charge in [0.2, 0.25) is 0 Å². The van der Waals surface area contributed by atoms with Crippen LogP contribution < -0.4 is 5.32 Å². The van der Waals surface area contributed by atoms with Crippen molar-refractivity contribution < 1.29 is 19.4 Å². The van der Waals surface area contributed by atoms with Crippen LogP contribution >= 0.6 is 11.8 Å². The third-order valence-electron chi connectivity index (χ3n) is 2.10. The van der Waals surface area contributed by atoms with Crippen molar-refractivity contribution in [1.29, 1.82) is 0 Å². The summed E-state index contributed by atoms with van der Waals surface area (Å²) in [7, 11) is 0. The molecule has 5 nitrogen and oxygen atoms in total. The molecule has 1 aliphatic heterocycles. The third-order valence-corrected chi connectivity index (χ3v) is 3.29. The molecule has 2 atom stereocenters. The molecule has 0 aromatic heterocycles. The molecule has 0 saturated carbocycles. The second kappa shape index (κ2) is 4.95. The SMILES string of the molecule is CC(C)(C)OC(=O)N[C@@H]1CSC[C@H]1C(=O)O. The van der Waals surface area contributed by atoms with Crippen LogP contribution in [0.5, 0.6) is 0 Å². The van der Waals surface area contributed by atoms with Crippen LogP contribution in [-0.2, 0) is 9.53 Å². The lowest BCUT2D eigenvalue weighted by atomic mass is 10.0. The minimum atomic E-state index is -0.869. The average Bonchev–Trinajstić information content (AvgIpc) is 2.47. The zero-order chi connectivity index (χ0) is 12.3. The van der Waals surface area contributed by atoms with E-state index in [1.54, 1.807) is 20.8 Å². The van der Waals surface area contributed by atoms with Crippen LogP contribution in [0.2, 0.25) is 0 Å². The minimum Gasteiger partial charge on any atom is -0.481 e. The number of aliphatic carboxylic acids is 1. The maximum absolute atomic E-state index is 11.4. The normalized spacial score (nSPS) is 25.2. The molecule has 1 amide bonds. The molecule has 6 heteroatoms. The molecule has 1 heterocycles. The summed E-state index contributed by atoms with van der Waals surface area (Å²) in [6.07, 6.45) is -0.550. The summed E-state index contributed by atoms with van der Waals surface area (Å²) >= 11 is 1.53. The number of carbonyl (C=O) groups excluding carboxylic acids is 1. The van der Waals surface area contributed by atoms with Gasteiger partial charge < -0.3 is 15.2 Å². The van der Waals surface area contributed by atoms with E-state index in [9.17, 15) is 9.59 Å². The van der Waals surface area contributed by atoms with E-state index in [0.717, 1.165) is 0 Å². The largest absolute Gasteiger partial charge is 0.481 e. The number of nitrogens with one attached hydrogen (secondary N) is 1. The van der Waals surface area contributed by atoms with Gasteiger partial charge in [-0.3, -0.25) is 4.79 Å². The Morgan fingerprint density at radius 1 is 1.38 bits per heavy atom. The molecule has 92 valence electrons. The Labute approximate surface area is 98.9 Å². The molecule has 0 spiro atoms. The molecular weight excluding hydrogens is 230 g/mol. The Bertz CT molecular complexity index is 287. The molecule has 1 saturated heterocycles. The summed E-state index contributed by atoms with van der Waals surface area (Å²) in [5.74, 6) is -0.227. The molecule has 1 aliphatic rings. The van der Waals surface area contributed by atoms with Gasteiger partial charge in [-0.15, -0.1) is 0 Å². The summed E-state index contributed by atoms with van der Waals surface area (Å²) in [6, 6.07) is -0.336. The van der Waals surface area contributed by atoms with Gasteiger partial charge in [0, 0.05) is 11.5 Å². The van der Waals surface area contributed by atoms with E-state index in [2.05, 4.69) is 5.32 Å². The topological polar surface area (TPSA) is 75.6 Å². The molecule has 0 radical (unpaired) electrons. The van der Waals surface area contributed by atoms with Crippen molar-refractivity contribution in [3.63, 3.8) is 0 Å². The highest BCUT2D eigenvalue weighted by atomic mass is 32.2. The average molecular weight is 247 g/mol. The lowest BCUT2D eigenvalue weighted by molar-refractivity contribution is -0.141. The van der Waals surface area contributed by atoms with Crippen molar-refractivity contribution in [2.75, 3.05) is 11.5 Å². The van der Waals surface area contributed by atoms with Crippen LogP contribution in [0.25, 0.3) is 0 Å². The van der Waals surface area contributed by atoms with Crippen molar-refractivity contribution >= 4 is 23.8 Å². The van der Waals surface area contributed by atoms with Crippen LogP contribution in [0.3, 0.4) is 0 Å². The van der Waals surface area contributed by atoms with E-state index in [4.69, 9.17) is 9.84 Å². The van der Waals surface area contributed by atoms with Crippen LogP contribution in [0.1, 0.15) is 20.8 Å². The maximum atomic E-state index is 11.4. The summed E-state index contributed by atoms with van der Waals surface area (Å²) < 4.78 is 5.08. The highest BCUT2D eigenvalue weighted by molar-refractivity contribution is 7.99. The lowest BCUT2D eigenvalue weighted by Gasteiger charge is -2.22. The Balaban J connectivity index is 2.47. The standard InChI is InChI=1S/C10H17NO4S/c1-10(2,3)15-9(14)11-7-5-16-4-6(7)8(12)13/h6-7H,4-5H2,1-3H3,(H,11,14)(H,12,13)/t6-,7-/m1/s1. The van der Waals surface area contributed by atoms with E-state index in [1.807, 2.05) is 0 Å². The highest BCUT2D eigenvalue weighted by Gasteiger charge is 2.35. The first-order chi connectivity index (χ1) is 7.29. The van der Waals surface area contributed by atoms with Crippen molar-refractivity contribution in [2.24, 2.45) is 5.92 Å². The van der Waals surface area contributed by atoms with Crippen molar-refractivity contribution in [1.82, 2.24) is 5.32 Å². The first kappa shape index (κ1) is 13.2. The van der Waals surface area contributed by atoms with Crippen LogP contribution in [-0.4, -0.2) is 40.3 Å². The van der Waals surface area contributed by atoms with Gasteiger partial charge in [-0.05, 0) is 20.8 Å². The van der Waals surface area contributed by atoms with Gasteiger partial charge in [-0.1, -0.05) is 0 Å². The minimum absolute atomic E-state index is 0.336. The zero-order valence-corrected chi connectivity index (χ0v) is 10.5. The maximum Gasteiger partial charge on any atom is 0.407 e. The quantitative estimate of drug-likeness (QED) is 0.770. The van der Waals surface area contributed by atoms with Crippen molar-refractivity contribution in [3.05, 3.63) is 0 Å². The number of carbonyl (C=O) groups is 2. The van der Waals surface area contributed by atoms with Crippen molar-refractivity contribution in [2.45, 2.75) is 32.4 Å². The van der Waals surface area contributed by atoms with Gasteiger partial charge in [0.05, 0.1) is 12.0 Å². The summed E-state index contributed by atoms with van der Waals surface area (Å²) in [4.78, 5) is 22.3. The fourth-order valence-corrected chi connectivity index (χ4v) is 2.73. The summed E-state index contributed by atoms with van der Waals surface area (Å²) in [6.45, 7) is 5.31. The number of amides is 1. The third kappa shape index (κ3) is 3.92. The van der Waals surface area contributed by atoms with Crippen LogP contribution in [0.4, 0.5) is 4.79 Å². The van der Waals surface area contributed by atoms with Gasteiger partial charge in [-0.25, -0.2) is 4.79 Å². The second-order valence-electron chi connectivity index (χ2n) is 4.73. The molecule has 0 aromatic carbocycles. The number of hydrogen-bond acceptors (Lipinski definition) is 4. The predicted molar refractivity (Wildman–Crippen MR) is 61.6 cm³/mol. The molecular formula is C10H17NO4S. The highest BCUT2D eigenvalue weighted by Crippen LogP contribution is 2.24. The van der Waals surface area contributed by atoms with E-state index in [-0.39, 0.29) is 6.04 Å². The first-order valence-corrected chi connectivity index (χ1v) is 6.25. The Kier molecular flexibility index (Phi) is 4.07. The van der Waals surface area contributed by atoms with Crippen LogP contribution in [0, 0.1) is 5.92 Å². The number of ether oxygens (including phenoxy) is 1. The van der Waals surface area contributed by atoms with E-state index in [1.165, 1.54) is 11.8 Å². The molecule has 0 bridgehead atoms. The van der Waals surface area contributed by atoms with E-state index >= 15 is 0 Å². The van der Waals surface area contributed by atoms with Gasteiger partial charge in [0.1, 0.15) is 5.60 Å². The summed E-state index contributed by atoms with van der Waals surface area (Å²) in [5.41, 5.74) is -0.561. The Morgan fingerprint density at radius 3 is 2.50 bits per heavy atom. The number of carboxylic acids is 1. The smallest absolute Gasteiger partial charge is 0.407 e. The molecule has 0 unspecified atom stereocenters. The molecule has 0 aliphatic carbocycles. The van der Waals surface area contributed by atoms with Crippen molar-refractivity contribution in [3.8, 4) is 0 Å². The Hall–Kier alpha value is -0.910. The molecule has 1 rings (SSSR count). The monoisotopic (exact) mass is 247 g/mol. The van der Waals surface area contributed by atoms with Crippen LogP contribution in [0.15, 0.2) is 0 Å². The van der Waals surface area contributed by atoms with Gasteiger partial charge in [0.25, 0.3) is 0 Å². The lowest BCUT2D eigenvalue weighted by Crippen LogP contribution is -2.44. The number of thioether (sulfide) groups is 1. The first-order valence-electron chi connectivity index (χ1n) is 5.09. The number of hydrogen-bond donors (Lipinski definition) is 2. The summed E-state index contributed by atoms with van der Waals surface area (Å²) in [5, 5.41) is 11.5. The number of alkyl carbamates (subject to hydrolysis) is 1. The molecule has 1 fully saturated rings. The van der Waals surface area contributed by atoms with E-state index < -0.39 is 23.6 Å². The molecule has 2 N–H and O–H groups in total. The second-order valence-corrected chi connectivity index (χ2v) is 5.81. The van der Waals surface area contributed by atoms with Gasteiger partial charge >= 0.3 is 12.1 Å². The zero-order valence-electron chi connectivity index (χ0n) is 9.65. The van der Waals surface area contributed by atoms with Gasteiger partial charge in [-0.2, -0.15) is 11.8 Å². The fourth-order valence-electron chi connectivity index (χ4n) is 1.40. The molecule has 0 aromatic rings. The van der Waals surface area contributed by atoms with Gasteiger partial charge in [0.15, 0.2) is 0 Å². The van der Waals surface area contributed by atoms with E-state index in [0.29, 0.717) is 11.5 Å². The molecule has 16 heavy (non-hydrogen) atoms. The fraction of sp³-hybridized carbons (Fsp3) is 0.800. The number of carboxylic acid groups (broad SMARTS) is 1. The number of rotatable bonds is 2. The Morgan fingerprint density at radius 2 is 2.00 bits per heavy atom.